The van der Waals surface area contributed by atoms with E-state index in [0.717, 1.165) is 17.1 Å². The lowest BCUT2D eigenvalue weighted by Crippen LogP contribution is -2.41. The van der Waals surface area contributed by atoms with Gasteiger partial charge in [-0.25, -0.2) is 9.97 Å². The summed E-state index contributed by atoms with van der Waals surface area (Å²) >= 11 is 6.61. The number of hydrogen-bond donors (Lipinski definition) is 1. The fourth-order valence-corrected chi connectivity index (χ4v) is 3.51. The summed E-state index contributed by atoms with van der Waals surface area (Å²) in [7, 11) is 3.33. The second kappa shape index (κ2) is 8.20. The van der Waals surface area contributed by atoms with Crippen LogP contribution < -0.4 is 10.1 Å². The van der Waals surface area contributed by atoms with Crippen LogP contribution in [0.3, 0.4) is 0 Å². The van der Waals surface area contributed by atoms with Crippen LogP contribution in [0.2, 0.25) is 5.02 Å². The Bertz CT molecular complexity index is 1030. The van der Waals surface area contributed by atoms with Gasteiger partial charge in [-0.15, -0.1) is 0 Å². The van der Waals surface area contributed by atoms with Gasteiger partial charge in [0.1, 0.15) is 11.9 Å². The number of ether oxygens (including phenoxy) is 1. The van der Waals surface area contributed by atoms with E-state index in [0.29, 0.717) is 21.5 Å². The van der Waals surface area contributed by atoms with Gasteiger partial charge in [-0.3, -0.25) is 0 Å². The number of aryl methyl sites for hydroxylation is 1. The lowest BCUT2D eigenvalue weighted by Gasteiger charge is -2.21. The van der Waals surface area contributed by atoms with Gasteiger partial charge in [0.05, 0.1) is 29.5 Å². The molecule has 3 aromatic rings. The zero-order valence-electron chi connectivity index (χ0n) is 16.6. The molecule has 0 radical (unpaired) electrons. The third-order valence-corrected chi connectivity index (χ3v) is 5.45. The minimum atomic E-state index is -4.34. The van der Waals surface area contributed by atoms with Crippen LogP contribution in [0.4, 0.5) is 13.2 Å². The highest BCUT2D eigenvalue weighted by Gasteiger charge is 2.38. The quantitative estimate of drug-likeness (QED) is 0.600. The number of hydrogen-bond acceptors (Lipinski definition) is 4. The molecule has 5 nitrogen and oxygen atoms in total. The van der Waals surface area contributed by atoms with Crippen molar-refractivity contribution >= 4 is 22.5 Å². The van der Waals surface area contributed by atoms with E-state index in [9.17, 15) is 13.2 Å². The van der Waals surface area contributed by atoms with Crippen LogP contribution in [0.1, 0.15) is 24.7 Å². The summed E-state index contributed by atoms with van der Waals surface area (Å²) in [6.45, 7) is 3.27. The molecule has 9 heteroatoms. The monoisotopic (exact) mass is 426 g/mol. The molecule has 0 saturated carbocycles. The molecule has 3 rings (SSSR count). The summed E-state index contributed by atoms with van der Waals surface area (Å²) in [5.74, 6) is 1.07. The van der Waals surface area contributed by atoms with Gasteiger partial charge in [-0.2, -0.15) is 13.2 Å². The van der Waals surface area contributed by atoms with E-state index >= 15 is 0 Å². The molecule has 2 aromatic heterocycles. The Morgan fingerprint density at radius 1 is 1.31 bits per heavy atom. The van der Waals surface area contributed by atoms with Crippen LogP contribution in [0.5, 0.6) is 5.88 Å². The average Bonchev–Trinajstić information content (AvgIpc) is 3.01. The van der Waals surface area contributed by atoms with Crippen LogP contribution in [0, 0.1) is 6.92 Å². The Labute approximate surface area is 171 Å². The van der Waals surface area contributed by atoms with E-state index in [1.54, 1.807) is 6.20 Å². The van der Waals surface area contributed by atoms with Crippen LogP contribution in [0.25, 0.3) is 22.2 Å². The molecule has 0 bridgehead atoms. The molecule has 0 aliphatic heterocycles. The molecular weight excluding hydrogens is 405 g/mol. The third kappa shape index (κ3) is 4.18. The molecule has 1 unspecified atom stereocenters. The largest absolute Gasteiger partial charge is 0.481 e. The molecule has 29 heavy (non-hydrogen) atoms. The Morgan fingerprint density at radius 3 is 2.59 bits per heavy atom. The Kier molecular flexibility index (Phi) is 6.05. The highest BCUT2D eigenvalue weighted by Crippen LogP contribution is 2.35. The summed E-state index contributed by atoms with van der Waals surface area (Å²) < 4.78 is 46.5. The first-order valence-electron chi connectivity index (χ1n) is 9.12. The molecule has 0 amide bonds. The molecule has 0 aliphatic rings. The first kappa shape index (κ1) is 21.4. The summed E-state index contributed by atoms with van der Waals surface area (Å²) in [5, 5.41) is 3.48. The number of halogens is 4. The predicted molar refractivity (Wildman–Crippen MR) is 107 cm³/mol. The number of methoxy groups -OCH3 is 1. The highest BCUT2D eigenvalue weighted by molar-refractivity contribution is 6.36. The zero-order chi connectivity index (χ0) is 21.3. The summed E-state index contributed by atoms with van der Waals surface area (Å²) in [5.41, 5.74) is 2.78. The molecular formula is C20H22ClF3N4O. The SMILES string of the molecule is CCC(NCc1c(OC)nc2ccc(-c3cnc(C)n3C)cc2c1Cl)C(F)(F)F. The highest BCUT2D eigenvalue weighted by atomic mass is 35.5. The van der Waals surface area contributed by atoms with E-state index in [-0.39, 0.29) is 18.8 Å². The lowest BCUT2D eigenvalue weighted by molar-refractivity contribution is -0.156. The second-order valence-electron chi connectivity index (χ2n) is 6.78. The van der Waals surface area contributed by atoms with Crippen molar-refractivity contribution in [3.8, 4) is 17.1 Å². The van der Waals surface area contributed by atoms with Gasteiger partial charge >= 0.3 is 6.18 Å². The molecule has 0 fully saturated rings. The second-order valence-corrected chi connectivity index (χ2v) is 7.16. The van der Waals surface area contributed by atoms with E-state index in [1.807, 2.05) is 36.7 Å². The summed E-state index contributed by atoms with van der Waals surface area (Å²) in [6.07, 6.45) is -2.67. The van der Waals surface area contributed by atoms with Crippen molar-refractivity contribution in [2.45, 2.75) is 39.0 Å². The molecule has 0 saturated heterocycles. The van der Waals surface area contributed by atoms with Crippen LogP contribution in [-0.2, 0) is 13.6 Å². The number of fused-ring (bicyclic) bond motifs is 1. The lowest BCUT2D eigenvalue weighted by atomic mass is 10.1. The maximum absolute atomic E-state index is 13.1. The van der Waals surface area contributed by atoms with Gasteiger partial charge in [-0.05, 0) is 25.5 Å². The number of nitrogens with zero attached hydrogens (tertiary/aromatic N) is 3. The summed E-state index contributed by atoms with van der Waals surface area (Å²) in [6, 6.07) is 3.94. The van der Waals surface area contributed by atoms with Crippen molar-refractivity contribution in [2.75, 3.05) is 7.11 Å². The fraction of sp³-hybridized carbons (Fsp3) is 0.400. The first-order valence-corrected chi connectivity index (χ1v) is 9.50. The van der Waals surface area contributed by atoms with Gasteiger partial charge in [0.15, 0.2) is 0 Å². The van der Waals surface area contributed by atoms with Crippen LogP contribution >= 0.6 is 11.6 Å². The Hall–Kier alpha value is -2.32. The minimum Gasteiger partial charge on any atom is -0.481 e. The predicted octanol–water partition coefficient (Wildman–Crippen LogP) is 5.04. The number of imidazole rings is 1. The van der Waals surface area contributed by atoms with Gasteiger partial charge in [0.25, 0.3) is 0 Å². The number of rotatable bonds is 6. The Balaban J connectivity index is 2.05. The molecule has 0 spiro atoms. The normalized spacial score (nSPS) is 13.1. The van der Waals surface area contributed by atoms with Gasteiger partial charge < -0.3 is 14.6 Å². The van der Waals surface area contributed by atoms with Crippen molar-refractivity contribution in [1.29, 1.82) is 0 Å². The first-order chi connectivity index (χ1) is 13.7. The van der Waals surface area contributed by atoms with E-state index < -0.39 is 12.2 Å². The number of benzene rings is 1. The maximum atomic E-state index is 13.1. The average molecular weight is 427 g/mol. The Morgan fingerprint density at radius 2 is 2.03 bits per heavy atom. The molecule has 156 valence electrons. The smallest absolute Gasteiger partial charge is 0.403 e. The fourth-order valence-electron chi connectivity index (χ4n) is 3.21. The topological polar surface area (TPSA) is 52.0 Å². The molecule has 2 heterocycles. The number of aromatic nitrogens is 3. The summed E-state index contributed by atoms with van der Waals surface area (Å²) in [4.78, 5) is 8.73. The molecule has 1 atom stereocenters. The van der Waals surface area contributed by atoms with Gasteiger partial charge in [0.2, 0.25) is 5.88 Å². The third-order valence-electron chi connectivity index (χ3n) is 5.02. The van der Waals surface area contributed by atoms with E-state index in [4.69, 9.17) is 16.3 Å². The van der Waals surface area contributed by atoms with Crippen molar-refractivity contribution in [2.24, 2.45) is 7.05 Å². The van der Waals surface area contributed by atoms with Crippen molar-refractivity contribution in [3.63, 3.8) is 0 Å². The van der Waals surface area contributed by atoms with Crippen molar-refractivity contribution in [3.05, 3.63) is 40.8 Å². The molecule has 1 aromatic carbocycles. The number of pyridine rings is 1. The van der Waals surface area contributed by atoms with E-state index in [2.05, 4.69) is 15.3 Å². The van der Waals surface area contributed by atoms with Crippen LogP contribution in [-0.4, -0.2) is 33.9 Å². The van der Waals surface area contributed by atoms with Crippen molar-refractivity contribution < 1.29 is 17.9 Å². The zero-order valence-corrected chi connectivity index (χ0v) is 17.3. The van der Waals surface area contributed by atoms with Gasteiger partial charge in [0, 0.05) is 30.1 Å². The van der Waals surface area contributed by atoms with Crippen LogP contribution in [0.15, 0.2) is 24.4 Å². The maximum Gasteiger partial charge on any atom is 0.403 e. The minimum absolute atomic E-state index is 0.0889. The number of nitrogens with one attached hydrogen (secondary N) is 1. The van der Waals surface area contributed by atoms with E-state index in [1.165, 1.54) is 14.0 Å². The number of alkyl halides is 3. The molecule has 0 aliphatic carbocycles. The van der Waals surface area contributed by atoms with Crippen molar-refractivity contribution in [1.82, 2.24) is 19.9 Å². The standard InChI is InChI=1S/C20H22ClF3N4O/c1-5-17(20(22,23)24)26-9-14-18(21)13-8-12(16-10-25-11(2)28(16)3)6-7-15(13)27-19(14)29-4/h6-8,10,17,26H,5,9H2,1-4H3. The molecule has 1 N–H and O–H groups in total. The van der Waals surface area contributed by atoms with Gasteiger partial charge in [-0.1, -0.05) is 24.6 Å².